The minimum absolute atomic E-state index is 0.881. The van der Waals surface area contributed by atoms with Crippen LogP contribution >= 0.6 is 22.6 Å². The largest absolute Gasteiger partial charge is 0.379 e. The second kappa shape index (κ2) is 5.82. The van der Waals surface area contributed by atoms with Gasteiger partial charge in [-0.2, -0.15) is 0 Å². The number of benzene rings is 1. The summed E-state index contributed by atoms with van der Waals surface area (Å²) in [6, 6.07) is 8.93. The van der Waals surface area contributed by atoms with Gasteiger partial charge in [-0.3, -0.25) is 4.90 Å². The van der Waals surface area contributed by atoms with Gasteiger partial charge in [0.2, 0.25) is 0 Å². The van der Waals surface area contributed by atoms with Crippen molar-refractivity contribution >= 4 is 22.6 Å². The van der Waals surface area contributed by atoms with Crippen LogP contribution in [0.3, 0.4) is 0 Å². The van der Waals surface area contributed by atoms with Gasteiger partial charge in [0, 0.05) is 24.1 Å². The summed E-state index contributed by atoms with van der Waals surface area (Å²) in [7, 11) is 0. The molecule has 0 amide bonds. The Morgan fingerprint density at radius 2 is 1.67 bits per heavy atom. The summed E-state index contributed by atoms with van der Waals surface area (Å²) in [4.78, 5) is 2.45. The van der Waals surface area contributed by atoms with Gasteiger partial charge in [0.05, 0.1) is 13.2 Å². The van der Waals surface area contributed by atoms with Gasteiger partial charge in [0.15, 0.2) is 0 Å². The average molecular weight is 317 g/mol. The van der Waals surface area contributed by atoms with E-state index in [4.69, 9.17) is 4.74 Å². The predicted molar refractivity (Wildman–Crippen MR) is 70.3 cm³/mol. The van der Waals surface area contributed by atoms with Crippen LogP contribution < -0.4 is 0 Å². The summed E-state index contributed by atoms with van der Waals surface area (Å²) < 4.78 is 6.42. The number of hydrogen-bond donors (Lipinski definition) is 0. The number of rotatable bonds is 3. The summed E-state index contributed by atoms with van der Waals surface area (Å²) >= 11 is 2.39. The fourth-order valence-electron chi connectivity index (χ4n) is 1.75. The van der Waals surface area contributed by atoms with E-state index in [1.165, 1.54) is 11.1 Å². The van der Waals surface area contributed by atoms with Crippen LogP contribution in [0.15, 0.2) is 24.3 Å². The monoisotopic (exact) mass is 317 g/mol. The van der Waals surface area contributed by atoms with Crippen LogP contribution in [-0.2, 0) is 15.7 Å². The molecule has 0 atom stereocenters. The Morgan fingerprint density at radius 1 is 1.07 bits per heavy atom. The maximum atomic E-state index is 5.33. The molecule has 0 aliphatic carbocycles. The van der Waals surface area contributed by atoms with Crippen molar-refractivity contribution < 1.29 is 4.74 Å². The zero-order valence-electron chi connectivity index (χ0n) is 8.79. The van der Waals surface area contributed by atoms with E-state index in [2.05, 4.69) is 51.8 Å². The zero-order valence-corrected chi connectivity index (χ0v) is 10.9. The van der Waals surface area contributed by atoms with Gasteiger partial charge in [0.25, 0.3) is 0 Å². The van der Waals surface area contributed by atoms with E-state index in [-0.39, 0.29) is 0 Å². The van der Waals surface area contributed by atoms with Crippen LogP contribution in [0.1, 0.15) is 11.1 Å². The number of ether oxygens (including phenoxy) is 1. The molecule has 15 heavy (non-hydrogen) atoms. The first-order valence-electron chi connectivity index (χ1n) is 5.32. The van der Waals surface area contributed by atoms with Gasteiger partial charge >= 0.3 is 0 Å². The number of nitrogens with zero attached hydrogens (tertiary/aromatic N) is 1. The van der Waals surface area contributed by atoms with Gasteiger partial charge in [-0.05, 0) is 11.1 Å². The smallest absolute Gasteiger partial charge is 0.0594 e. The lowest BCUT2D eigenvalue weighted by atomic mass is 10.1. The summed E-state index contributed by atoms with van der Waals surface area (Å²) in [5.41, 5.74) is 2.81. The number of morpholine rings is 1. The van der Waals surface area contributed by atoms with Crippen molar-refractivity contribution in [3.05, 3.63) is 35.4 Å². The van der Waals surface area contributed by atoms with Crippen LogP contribution in [0.5, 0.6) is 0 Å². The van der Waals surface area contributed by atoms with E-state index in [0.29, 0.717) is 0 Å². The molecule has 1 fully saturated rings. The van der Waals surface area contributed by atoms with Gasteiger partial charge in [0.1, 0.15) is 0 Å². The molecule has 2 rings (SSSR count). The molecule has 3 heteroatoms. The van der Waals surface area contributed by atoms with Crippen molar-refractivity contribution in [1.82, 2.24) is 4.90 Å². The fourth-order valence-corrected chi connectivity index (χ4v) is 2.26. The molecule has 0 radical (unpaired) electrons. The lowest BCUT2D eigenvalue weighted by Crippen LogP contribution is -2.35. The van der Waals surface area contributed by atoms with E-state index in [9.17, 15) is 0 Å². The Labute approximate surface area is 105 Å². The normalized spacial score (nSPS) is 17.9. The highest BCUT2D eigenvalue weighted by Gasteiger charge is 2.10. The predicted octanol–water partition coefficient (Wildman–Crippen LogP) is 2.45. The van der Waals surface area contributed by atoms with Crippen molar-refractivity contribution in [2.45, 2.75) is 11.0 Å². The molecule has 1 aliphatic heterocycles. The van der Waals surface area contributed by atoms with Crippen molar-refractivity contribution in [2.24, 2.45) is 0 Å². The fraction of sp³-hybridized carbons (Fsp3) is 0.500. The minimum atomic E-state index is 0.881. The van der Waals surface area contributed by atoms with Crippen LogP contribution in [0, 0.1) is 0 Å². The SMILES string of the molecule is ICc1ccc(CN2CCOCC2)cc1. The third-order valence-electron chi connectivity index (χ3n) is 2.69. The van der Waals surface area contributed by atoms with Gasteiger partial charge in [-0.25, -0.2) is 0 Å². The molecule has 0 unspecified atom stereocenters. The number of halogens is 1. The average Bonchev–Trinajstić information content (AvgIpc) is 2.31. The van der Waals surface area contributed by atoms with Crippen molar-refractivity contribution in [2.75, 3.05) is 26.3 Å². The van der Waals surface area contributed by atoms with Crippen molar-refractivity contribution in [3.63, 3.8) is 0 Å². The third kappa shape index (κ3) is 3.43. The molecule has 1 heterocycles. The minimum Gasteiger partial charge on any atom is -0.379 e. The first-order chi connectivity index (χ1) is 7.38. The quantitative estimate of drug-likeness (QED) is 0.627. The Hall–Kier alpha value is -0.130. The lowest BCUT2D eigenvalue weighted by Gasteiger charge is -2.26. The zero-order chi connectivity index (χ0) is 10.5. The van der Waals surface area contributed by atoms with E-state index < -0.39 is 0 Å². The Balaban J connectivity index is 1.91. The van der Waals surface area contributed by atoms with Crippen molar-refractivity contribution in [1.29, 1.82) is 0 Å². The third-order valence-corrected chi connectivity index (χ3v) is 3.57. The maximum absolute atomic E-state index is 5.33. The highest BCUT2D eigenvalue weighted by atomic mass is 127. The maximum Gasteiger partial charge on any atom is 0.0594 e. The summed E-state index contributed by atoms with van der Waals surface area (Å²) in [6.07, 6.45) is 0. The highest BCUT2D eigenvalue weighted by molar-refractivity contribution is 14.1. The molecule has 1 aliphatic rings. The van der Waals surface area contributed by atoms with Gasteiger partial charge < -0.3 is 4.74 Å². The van der Waals surface area contributed by atoms with Crippen molar-refractivity contribution in [3.8, 4) is 0 Å². The lowest BCUT2D eigenvalue weighted by molar-refractivity contribution is 0.0342. The van der Waals surface area contributed by atoms with E-state index in [0.717, 1.165) is 37.3 Å². The molecule has 0 spiro atoms. The molecule has 0 N–H and O–H groups in total. The Morgan fingerprint density at radius 3 is 2.27 bits per heavy atom. The molecular weight excluding hydrogens is 301 g/mol. The topological polar surface area (TPSA) is 12.5 Å². The van der Waals surface area contributed by atoms with E-state index >= 15 is 0 Å². The number of hydrogen-bond acceptors (Lipinski definition) is 2. The van der Waals surface area contributed by atoms with Gasteiger partial charge in [-0.15, -0.1) is 0 Å². The van der Waals surface area contributed by atoms with E-state index in [1.807, 2.05) is 0 Å². The second-order valence-corrected chi connectivity index (χ2v) is 4.60. The Bertz CT molecular complexity index is 293. The molecule has 1 aromatic rings. The van der Waals surface area contributed by atoms with Crippen LogP contribution in [0.2, 0.25) is 0 Å². The number of alkyl halides is 1. The second-order valence-electron chi connectivity index (χ2n) is 3.84. The summed E-state index contributed by atoms with van der Waals surface area (Å²) in [5, 5.41) is 0. The highest BCUT2D eigenvalue weighted by Crippen LogP contribution is 2.11. The summed E-state index contributed by atoms with van der Waals surface area (Å²) in [5.74, 6) is 0. The molecule has 0 bridgehead atoms. The Kier molecular flexibility index (Phi) is 4.41. The molecule has 1 aromatic carbocycles. The van der Waals surface area contributed by atoms with Crippen LogP contribution in [0.25, 0.3) is 0 Å². The molecule has 1 saturated heterocycles. The van der Waals surface area contributed by atoms with E-state index in [1.54, 1.807) is 0 Å². The standard InChI is InChI=1S/C12H16INO/c13-9-11-1-3-12(4-2-11)10-14-5-7-15-8-6-14/h1-4H,5-10H2. The van der Waals surface area contributed by atoms with Gasteiger partial charge in [-0.1, -0.05) is 46.9 Å². The molecule has 2 nitrogen and oxygen atoms in total. The molecule has 0 aromatic heterocycles. The molecule has 0 saturated carbocycles. The molecule has 82 valence electrons. The molecular formula is C12H16INO. The summed E-state index contributed by atoms with van der Waals surface area (Å²) in [6.45, 7) is 4.95. The van der Waals surface area contributed by atoms with Crippen LogP contribution in [0.4, 0.5) is 0 Å². The first-order valence-corrected chi connectivity index (χ1v) is 6.85. The van der Waals surface area contributed by atoms with Crippen LogP contribution in [-0.4, -0.2) is 31.2 Å². The first kappa shape index (κ1) is 11.4.